The summed E-state index contributed by atoms with van der Waals surface area (Å²) in [6.45, 7) is 5.52. The molecule has 0 bridgehead atoms. The van der Waals surface area contributed by atoms with Crippen LogP contribution in [0.4, 0.5) is 21.9 Å². The second kappa shape index (κ2) is 10.6. The van der Waals surface area contributed by atoms with E-state index in [1.165, 1.54) is 0 Å². The van der Waals surface area contributed by atoms with Crippen molar-refractivity contribution in [2.24, 2.45) is 0 Å². The molecule has 2 aliphatic heterocycles. The summed E-state index contributed by atoms with van der Waals surface area (Å²) in [4.78, 5) is 31.3. The van der Waals surface area contributed by atoms with Gasteiger partial charge >= 0.3 is 6.03 Å². The molecule has 3 amide bonds. The lowest BCUT2D eigenvalue weighted by atomic mass is 10.2. The normalized spacial score (nSPS) is 16.6. The summed E-state index contributed by atoms with van der Waals surface area (Å²) < 4.78 is 5.41. The summed E-state index contributed by atoms with van der Waals surface area (Å²) in [5.74, 6) is -0.0904. The third-order valence-electron chi connectivity index (χ3n) is 5.71. The molecule has 4 rings (SSSR count). The van der Waals surface area contributed by atoms with E-state index in [1.54, 1.807) is 17.0 Å². The van der Waals surface area contributed by atoms with E-state index >= 15 is 0 Å². The Morgan fingerprint density at radius 3 is 2.34 bits per heavy atom. The van der Waals surface area contributed by atoms with E-state index in [1.807, 2.05) is 24.3 Å². The number of morpholine rings is 1. The molecule has 2 saturated heterocycles. The number of hydrogen-bond acceptors (Lipinski definition) is 5. The summed E-state index contributed by atoms with van der Waals surface area (Å²) in [5, 5.41) is 6.05. The summed E-state index contributed by atoms with van der Waals surface area (Å²) in [7, 11) is 0. The first-order valence-corrected chi connectivity index (χ1v) is 11.2. The van der Waals surface area contributed by atoms with Crippen LogP contribution >= 0.6 is 11.6 Å². The molecule has 0 unspecified atom stereocenters. The Balaban J connectivity index is 1.27. The van der Waals surface area contributed by atoms with Crippen LogP contribution in [0.2, 0.25) is 5.02 Å². The number of nitrogens with zero attached hydrogens (tertiary/aromatic N) is 3. The monoisotopic (exact) mass is 457 g/mol. The standard InChI is InChI=1S/C23H28ClN5O3/c24-18-6-7-21(28-12-14-32-15-13-28)20(16-18)26-23(31)25-17-22(30)29-10-8-27(9-11-29)19-4-2-1-3-5-19/h1-7,16H,8-15,17H2,(H2,25,26,31). The molecule has 2 aromatic rings. The minimum atomic E-state index is -0.432. The minimum absolute atomic E-state index is 0.0510. The third kappa shape index (κ3) is 5.63. The zero-order valence-electron chi connectivity index (χ0n) is 17.9. The first kappa shape index (κ1) is 22.2. The number of ether oxygens (including phenoxy) is 1. The van der Waals surface area contributed by atoms with Crippen LogP contribution in [0.3, 0.4) is 0 Å². The van der Waals surface area contributed by atoms with Crippen LogP contribution in [0, 0.1) is 0 Å². The van der Waals surface area contributed by atoms with E-state index in [2.05, 4.69) is 32.6 Å². The molecule has 0 radical (unpaired) electrons. The number of rotatable bonds is 5. The number of carbonyl (C=O) groups is 2. The van der Waals surface area contributed by atoms with Crippen LogP contribution in [-0.2, 0) is 9.53 Å². The minimum Gasteiger partial charge on any atom is -0.378 e. The van der Waals surface area contributed by atoms with Crippen molar-refractivity contribution in [2.75, 3.05) is 74.1 Å². The van der Waals surface area contributed by atoms with Crippen LogP contribution in [0.15, 0.2) is 48.5 Å². The van der Waals surface area contributed by atoms with Gasteiger partial charge in [0.25, 0.3) is 0 Å². The SMILES string of the molecule is O=C(NCC(=O)N1CCN(c2ccccc2)CC1)Nc1cc(Cl)ccc1N1CCOCC1. The zero-order valence-corrected chi connectivity index (χ0v) is 18.7. The van der Waals surface area contributed by atoms with Gasteiger partial charge in [-0.1, -0.05) is 29.8 Å². The highest BCUT2D eigenvalue weighted by Crippen LogP contribution is 2.29. The van der Waals surface area contributed by atoms with Gasteiger partial charge in [0.05, 0.1) is 31.1 Å². The molecule has 0 aliphatic carbocycles. The molecule has 0 atom stereocenters. The van der Waals surface area contributed by atoms with Gasteiger partial charge < -0.3 is 30.1 Å². The fourth-order valence-electron chi connectivity index (χ4n) is 3.98. The van der Waals surface area contributed by atoms with Gasteiger partial charge in [0.1, 0.15) is 0 Å². The molecule has 32 heavy (non-hydrogen) atoms. The zero-order chi connectivity index (χ0) is 22.3. The lowest BCUT2D eigenvalue weighted by molar-refractivity contribution is -0.130. The molecule has 2 fully saturated rings. The van der Waals surface area contributed by atoms with Gasteiger partial charge in [-0.25, -0.2) is 4.79 Å². The van der Waals surface area contributed by atoms with Gasteiger partial charge in [-0.05, 0) is 30.3 Å². The van der Waals surface area contributed by atoms with Crippen LogP contribution in [0.5, 0.6) is 0 Å². The number of halogens is 1. The number of urea groups is 1. The number of benzene rings is 2. The topological polar surface area (TPSA) is 77.2 Å². The molecule has 170 valence electrons. The molecule has 2 heterocycles. The molecule has 2 aliphatic rings. The predicted molar refractivity (Wildman–Crippen MR) is 127 cm³/mol. The summed E-state index contributed by atoms with van der Waals surface area (Å²) >= 11 is 6.14. The van der Waals surface area contributed by atoms with Crippen molar-refractivity contribution in [2.45, 2.75) is 0 Å². The number of nitrogens with one attached hydrogen (secondary N) is 2. The largest absolute Gasteiger partial charge is 0.378 e. The number of carbonyl (C=O) groups excluding carboxylic acids is 2. The van der Waals surface area contributed by atoms with Gasteiger partial charge in [0.2, 0.25) is 5.91 Å². The fourth-order valence-corrected chi connectivity index (χ4v) is 4.15. The predicted octanol–water partition coefficient (Wildman–Crippen LogP) is 2.65. The smallest absolute Gasteiger partial charge is 0.319 e. The molecule has 0 saturated carbocycles. The molecular formula is C23H28ClN5O3. The maximum atomic E-state index is 12.6. The molecule has 8 nitrogen and oxygen atoms in total. The van der Waals surface area contributed by atoms with Gasteiger partial charge in [-0.15, -0.1) is 0 Å². The Morgan fingerprint density at radius 1 is 0.906 bits per heavy atom. The van der Waals surface area contributed by atoms with E-state index in [-0.39, 0.29) is 12.5 Å². The highest BCUT2D eigenvalue weighted by atomic mass is 35.5. The highest BCUT2D eigenvalue weighted by molar-refractivity contribution is 6.31. The van der Waals surface area contributed by atoms with Crippen molar-refractivity contribution in [1.29, 1.82) is 0 Å². The van der Waals surface area contributed by atoms with Gasteiger partial charge in [-0.2, -0.15) is 0 Å². The average molecular weight is 458 g/mol. The van der Waals surface area contributed by atoms with Crippen molar-refractivity contribution in [3.8, 4) is 0 Å². The van der Waals surface area contributed by atoms with Crippen molar-refractivity contribution in [3.05, 3.63) is 53.6 Å². The first-order chi connectivity index (χ1) is 15.6. The maximum Gasteiger partial charge on any atom is 0.319 e. The van der Waals surface area contributed by atoms with Crippen molar-refractivity contribution >= 4 is 40.6 Å². The second-order valence-corrected chi connectivity index (χ2v) is 8.21. The number of anilines is 3. The summed E-state index contributed by atoms with van der Waals surface area (Å²) in [6.07, 6.45) is 0. The fraction of sp³-hybridized carbons (Fsp3) is 0.391. The van der Waals surface area contributed by atoms with Crippen molar-refractivity contribution < 1.29 is 14.3 Å². The number of para-hydroxylation sites is 1. The average Bonchev–Trinajstić information content (AvgIpc) is 2.84. The van der Waals surface area contributed by atoms with E-state index in [0.717, 1.165) is 37.6 Å². The molecule has 2 N–H and O–H groups in total. The molecule has 0 aromatic heterocycles. The van der Waals surface area contributed by atoms with Gasteiger partial charge in [0, 0.05) is 50.0 Å². The van der Waals surface area contributed by atoms with Gasteiger partial charge in [-0.3, -0.25) is 4.79 Å². The van der Waals surface area contributed by atoms with E-state index in [4.69, 9.17) is 16.3 Å². The molecule has 9 heteroatoms. The Morgan fingerprint density at radius 2 is 1.62 bits per heavy atom. The Hall–Kier alpha value is -2.97. The van der Waals surface area contributed by atoms with Crippen LogP contribution in [-0.4, -0.2) is 75.9 Å². The molecular weight excluding hydrogens is 430 g/mol. The number of piperazine rings is 1. The van der Waals surface area contributed by atoms with Gasteiger partial charge in [0.15, 0.2) is 0 Å². The maximum absolute atomic E-state index is 12.6. The van der Waals surface area contributed by atoms with Crippen LogP contribution in [0.25, 0.3) is 0 Å². The third-order valence-corrected chi connectivity index (χ3v) is 5.95. The number of amides is 3. The Labute approximate surface area is 193 Å². The molecule has 2 aromatic carbocycles. The summed E-state index contributed by atoms with van der Waals surface area (Å²) in [6, 6.07) is 15.1. The lowest BCUT2D eigenvalue weighted by Gasteiger charge is -2.36. The summed E-state index contributed by atoms with van der Waals surface area (Å²) in [5.41, 5.74) is 2.66. The van der Waals surface area contributed by atoms with E-state index in [9.17, 15) is 9.59 Å². The molecule has 0 spiro atoms. The van der Waals surface area contributed by atoms with E-state index < -0.39 is 6.03 Å². The van der Waals surface area contributed by atoms with Crippen LogP contribution < -0.4 is 20.4 Å². The highest BCUT2D eigenvalue weighted by Gasteiger charge is 2.22. The first-order valence-electron chi connectivity index (χ1n) is 10.8. The van der Waals surface area contributed by atoms with E-state index in [0.29, 0.717) is 37.0 Å². The van der Waals surface area contributed by atoms with Crippen molar-refractivity contribution in [1.82, 2.24) is 10.2 Å². The Bertz CT molecular complexity index is 928. The number of hydrogen-bond donors (Lipinski definition) is 2. The quantitative estimate of drug-likeness (QED) is 0.721. The second-order valence-electron chi connectivity index (χ2n) is 7.77. The lowest BCUT2D eigenvalue weighted by Crippen LogP contribution is -2.51. The Kier molecular flexibility index (Phi) is 7.34. The van der Waals surface area contributed by atoms with Crippen molar-refractivity contribution in [3.63, 3.8) is 0 Å². The van der Waals surface area contributed by atoms with Crippen LogP contribution in [0.1, 0.15) is 0 Å².